The first-order chi connectivity index (χ1) is 11.5. The SMILES string of the molecule is CC(=O)OCCCc1cccc(NC(=O)c2cc(Br)ccc2F)c1. The van der Waals surface area contributed by atoms with E-state index in [1.807, 2.05) is 18.2 Å². The zero-order valence-corrected chi connectivity index (χ0v) is 14.7. The highest BCUT2D eigenvalue weighted by Gasteiger charge is 2.12. The van der Waals surface area contributed by atoms with Crippen LogP contribution in [0.2, 0.25) is 0 Å². The van der Waals surface area contributed by atoms with Crippen molar-refractivity contribution in [2.75, 3.05) is 11.9 Å². The summed E-state index contributed by atoms with van der Waals surface area (Å²) in [5.74, 6) is -1.38. The van der Waals surface area contributed by atoms with Crippen LogP contribution in [0.25, 0.3) is 0 Å². The topological polar surface area (TPSA) is 55.4 Å². The second-order valence-corrected chi connectivity index (χ2v) is 6.14. The van der Waals surface area contributed by atoms with E-state index in [9.17, 15) is 14.0 Å². The molecule has 2 rings (SSSR count). The molecule has 0 aliphatic rings. The molecule has 6 heteroatoms. The molecule has 0 atom stereocenters. The molecule has 0 aliphatic carbocycles. The Kier molecular flexibility index (Phi) is 6.49. The number of anilines is 1. The van der Waals surface area contributed by atoms with Gasteiger partial charge in [-0.3, -0.25) is 9.59 Å². The number of aryl methyl sites for hydroxylation is 1. The second-order valence-electron chi connectivity index (χ2n) is 5.22. The fourth-order valence-corrected chi connectivity index (χ4v) is 2.53. The average molecular weight is 394 g/mol. The van der Waals surface area contributed by atoms with Crippen molar-refractivity contribution in [1.82, 2.24) is 0 Å². The van der Waals surface area contributed by atoms with Crippen molar-refractivity contribution in [1.29, 1.82) is 0 Å². The molecule has 0 radical (unpaired) electrons. The third-order valence-corrected chi connectivity index (χ3v) is 3.77. The maximum Gasteiger partial charge on any atom is 0.302 e. The first-order valence-corrected chi connectivity index (χ1v) is 8.23. The third-order valence-electron chi connectivity index (χ3n) is 3.27. The van der Waals surface area contributed by atoms with Crippen LogP contribution in [-0.2, 0) is 16.0 Å². The molecule has 0 aromatic heterocycles. The summed E-state index contributed by atoms with van der Waals surface area (Å²) in [5.41, 5.74) is 1.56. The summed E-state index contributed by atoms with van der Waals surface area (Å²) in [7, 11) is 0. The Morgan fingerprint density at radius 2 is 2.00 bits per heavy atom. The van der Waals surface area contributed by atoms with Crippen molar-refractivity contribution < 1.29 is 18.7 Å². The van der Waals surface area contributed by atoms with Gasteiger partial charge in [-0.1, -0.05) is 28.1 Å². The van der Waals surface area contributed by atoms with Crippen LogP contribution < -0.4 is 5.32 Å². The number of hydrogen-bond donors (Lipinski definition) is 1. The molecule has 1 N–H and O–H groups in total. The molecule has 0 saturated heterocycles. The summed E-state index contributed by atoms with van der Waals surface area (Å²) in [4.78, 5) is 22.9. The van der Waals surface area contributed by atoms with Gasteiger partial charge in [-0.15, -0.1) is 0 Å². The lowest BCUT2D eigenvalue weighted by atomic mass is 10.1. The molecule has 2 aromatic rings. The van der Waals surface area contributed by atoms with Crippen LogP contribution in [0.3, 0.4) is 0 Å². The molecule has 0 spiro atoms. The van der Waals surface area contributed by atoms with E-state index in [1.54, 1.807) is 6.07 Å². The van der Waals surface area contributed by atoms with E-state index in [2.05, 4.69) is 21.2 Å². The van der Waals surface area contributed by atoms with Crippen molar-refractivity contribution in [2.24, 2.45) is 0 Å². The molecule has 0 saturated carbocycles. The summed E-state index contributed by atoms with van der Waals surface area (Å²) < 4.78 is 19.3. The Hall–Kier alpha value is -2.21. The maximum atomic E-state index is 13.7. The third kappa shape index (κ3) is 5.45. The summed E-state index contributed by atoms with van der Waals surface area (Å²) in [6, 6.07) is 11.5. The molecular weight excluding hydrogens is 377 g/mol. The van der Waals surface area contributed by atoms with Gasteiger partial charge in [0, 0.05) is 17.1 Å². The van der Waals surface area contributed by atoms with Gasteiger partial charge in [0.2, 0.25) is 0 Å². The first-order valence-electron chi connectivity index (χ1n) is 7.44. The zero-order chi connectivity index (χ0) is 17.5. The quantitative estimate of drug-likeness (QED) is 0.586. The van der Waals surface area contributed by atoms with Crippen molar-refractivity contribution in [3.8, 4) is 0 Å². The van der Waals surface area contributed by atoms with Crippen LogP contribution in [0.5, 0.6) is 0 Å². The van der Waals surface area contributed by atoms with Gasteiger partial charge in [0.25, 0.3) is 5.91 Å². The lowest BCUT2D eigenvalue weighted by molar-refractivity contribution is -0.141. The number of ether oxygens (including phenoxy) is 1. The van der Waals surface area contributed by atoms with E-state index in [4.69, 9.17) is 4.74 Å². The molecule has 0 unspecified atom stereocenters. The molecule has 0 fully saturated rings. The van der Waals surface area contributed by atoms with Crippen molar-refractivity contribution >= 4 is 33.5 Å². The second kappa shape index (κ2) is 8.59. The Labute approximate surface area is 148 Å². The van der Waals surface area contributed by atoms with Crippen LogP contribution in [0.4, 0.5) is 10.1 Å². The van der Waals surface area contributed by atoms with Crippen molar-refractivity contribution in [2.45, 2.75) is 19.8 Å². The number of benzene rings is 2. The van der Waals surface area contributed by atoms with Gasteiger partial charge < -0.3 is 10.1 Å². The highest BCUT2D eigenvalue weighted by Crippen LogP contribution is 2.18. The minimum Gasteiger partial charge on any atom is -0.466 e. The maximum absolute atomic E-state index is 13.7. The number of carbonyl (C=O) groups excluding carboxylic acids is 2. The molecule has 126 valence electrons. The lowest BCUT2D eigenvalue weighted by Gasteiger charge is -2.09. The molecule has 0 bridgehead atoms. The zero-order valence-electron chi connectivity index (χ0n) is 13.1. The van der Waals surface area contributed by atoms with E-state index < -0.39 is 11.7 Å². The Morgan fingerprint density at radius 3 is 2.75 bits per heavy atom. The number of hydrogen-bond acceptors (Lipinski definition) is 3. The van der Waals surface area contributed by atoms with E-state index in [0.717, 1.165) is 5.56 Å². The molecule has 24 heavy (non-hydrogen) atoms. The van der Waals surface area contributed by atoms with Crippen LogP contribution in [0.1, 0.15) is 29.3 Å². The Morgan fingerprint density at radius 1 is 1.21 bits per heavy atom. The Balaban J connectivity index is 1.99. The number of halogens is 2. The minimum absolute atomic E-state index is 0.0235. The smallest absolute Gasteiger partial charge is 0.302 e. The van der Waals surface area contributed by atoms with Gasteiger partial charge in [-0.25, -0.2) is 4.39 Å². The fraction of sp³-hybridized carbons (Fsp3) is 0.222. The number of nitrogens with one attached hydrogen (secondary N) is 1. The predicted molar refractivity (Wildman–Crippen MR) is 93.4 cm³/mol. The molecule has 1 amide bonds. The highest BCUT2D eigenvalue weighted by atomic mass is 79.9. The number of rotatable bonds is 6. The summed E-state index contributed by atoms with van der Waals surface area (Å²) >= 11 is 3.22. The highest BCUT2D eigenvalue weighted by molar-refractivity contribution is 9.10. The summed E-state index contributed by atoms with van der Waals surface area (Å²) in [6.45, 7) is 1.73. The van der Waals surface area contributed by atoms with E-state index in [1.165, 1.54) is 25.1 Å². The van der Waals surface area contributed by atoms with Gasteiger partial charge >= 0.3 is 5.97 Å². The van der Waals surface area contributed by atoms with Gasteiger partial charge in [0.1, 0.15) is 5.82 Å². The molecule has 0 heterocycles. The van der Waals surface area contributed by atoms with Crippen molar-refractivity contribution in [3.05, 3.63) is 63.9 Å². The first kappa shape index (κ1) is 18.1. The van der Waals surface area contributed by atoms with Gasteiger partial charge in [-0.05, 0) is 48.7 Å². The van der Waals surface area contributed by atoms with Gasteiger partial charge in [-0.2, -0.15) is 0 Å². The minimum atomic E-state index is -0.576. The number of esters is 1. The van der Waals surface area contributed by atoms with Crippen LogP contribution in [-0.4, -0.2) is 18.5 Å². The normalized spacial score (nSPS) is 10.3. The van der Waals surface area contributed by atoms with Crippen molar-refractivity contribution in [3.63, 3.8) is 0 Å². The van der Waals surface area contributed by atoms with E-state index >= 15 is 0 Å². The monoisotopic (exact) mass is 393 g/mol. The van der Waals surface area contributed by atoms with Gasteiger partial charge in [0.15, 0.2) is 0 Å². The Bertz CT molecular complexity index is 749. The van der Waals surface area contributed by atoms with Crippen LogP contribution in [0, 0.1) is 5.82 Å². The predicted octanol–water partition coefficient (Wildman–Crippen LogP) is 4.34. The van der Waals surface area contributed by atoms with Crippen LogP contribution in [0.15, 0.2) is 46.9 Å². The fourth-order valence-electron chi connectivity index (χ4n) is 2.17. The summed E-state index contributed by atoms with van der Waals surface area (Å²) in [5, 5.41) is 2.69. The number of carbonyl (C=O) groups is 2. The summed E-state index contributed by atoms with van der Waals surface area (Å²) in [6.07, 6.45) is 1.40. The van der Waals surface area contributed by atoms with Gasteiger partial charge in [0.05, 0.1) is 12.2 Å². The number of amides is 1. The van der Waals surface area contributed by atoms with Crippen LogP contribution >= 0.6 is 15.9 Å². The van der Waals surface area contributed by atoms with E-state index in [0.29, 0.717) is 29.6 Å². The molecule has 4 nitrogen and oxygen atoms in total. The van der Waals surface area contributed by atoms with E-state index in [-0.39, 0.29) is 11.5 Å². The average Bonchev–Trinajstić information content (AvgIpc) is 2.54. The standard InChI is InChI=1S/C18H17BrFNO3/c1-12(22)24-9-3-5-13-4-2-6-15(10-13)21-18(23)16-11-14(19)7-8-17(16)20/h2,4,6-8,10-11H,3,5,9H2,1H3,(H,21,23). The molecule has 0 aliphatic heterocycles. The largest absolute Gasteiger partial charge is 0.466 e. The lowest BCUT2D eigenvalue weighted by Crippen LogP contribution is -2.14. The molecule has 2 aromatic carbocycles. The molecular formula is C18H17BrFNO3.